The van der Waals surface area contributed by atoms with E-state index in [9.17, 15) is 9.90 Å². The summed E-state index contributed by atoms with van der Waals surface area (Å²) in [4.78, 5) is 11.1. The van der Waals surface area contributed by atoms with Gasteiger partial charge in [-0.25, -0.2) is 0 Å². The van der Waals surface area contributed by atoms with Crippen molar-refractivity contribution >= 4 is 5.78 Å². The van der Waals surface area contributed by atoms with Crippen molar-refractivity contribution in [2.24, 2.45) is 17.8 Å². The van der Waals surface area contributed by atoms with Crippen LogP contribution in [0.15, 0.2) is 0 Å². The number of rotatable bonds is 0. The maximum Gasteiger partial charge on any atom is 0.137 e. The Balaban J connectivity index is 2.78. The molecule has 0 aromatic carbocycles. The van der Waals surface area contributed by atoms with Crippen molar-refractivity contribution < 1.29 is 9.90 Å². The first-order valence-electron chi connectivity index (χ1n) is 3.75. The zero-order valence-corrected chi connectivity index (χ0v) is 6.63. The van der Waals surface area contributed by atoms with E-state index in [1.54, 1.807) is 6.92 Å². The molecule has 0 spiro atoms. The maximum atomic E-state index is 11.2. The number of ketones is 1. The Hall–Kier alpha value is -0.370. The molecule has 4 atom stereocenters. The highest BCUT2D eigenvalue weighted by atomic mass is 16.3. The van der Waals surface area contributed by atoms with Gasteiger partial charge in [-0.2, -0.15) is 0 Å². The average molecular weight is 141 g/mol. The molecule has 0 bridgehead atoms. The highest BCUT2D eigenvalue weighted by Gasteiger charge is 2.36. The molecule has 58 valence electrons. The van der Waals surface area contributed by atoms with Gasteiger partial charge in [-0.15, -0.1) is 6.10 Å². The Bertz CT molecular complexity index is 137. The van der Waals surface area contributed by atoms with Gasteiger partial charge in [0.15, 0.2) is 0 Å². The summed E-state index contributed by atoms with van der Waals surface area (Å²) in [6.07, 6.45) is -0.664. The molecule has 2 nitrogen and oxygen atoms in total. The minimum absolute atomic E-state index is 0.0162. The lowest BCUT2D eigenvalue weighted by Gasteiger charge is -2.24. The van der Waals surface area contributed by atoms with Gasteiger partial charge < -0.3 is 5.11 Å². The average Bonchev–Trinajstić information content (AvgIpc) is 2.07. The molecule has 0 aromatic rings. The number of carbonyl (C=O) groups excluding carboxylic acids is 1. The molecule has 10 heavy (non-hydrogen) atoms. The van der Waals surface area contributed by atoms with Gasteiger partial charge in [0.25, 0.3) is 0 Å². The quantitative estimate of drug-likeness (QED) is 0.483. The molecule has 0 N–H and O–H groups in total. The first-order valence-corrected chi connectivity index (χ1v) is 3.75. The molecule has 2 heteroatoms. The van der Waals surface area contributed by atoms with Crippen LogP contribution in [-0.2, 0) is 4.79 Å². The van der Waals surface area contributed by atoms with Gasteiger partial charge in [-0.3, -0.25) is 4.79 Å². The zero-order chi connectivity index (χ0) is 7.89. The van der Waals surface area contributed by atoms with Crippen LogP contribution in [0.4, 0.5) is 0 Å². The van der Waals surface area contributed by atoms with Crippen LogP contribution in [0.1, 0.15) is 20.8 Å². The molecule has 1 fully saturated rings. The van der Waals surface area contributed by atoms with Crippen LogP contribution in [-0.4, -0.2) is 11.9 Å². The normalized spacial score (nSPS) is 48.2. The van der Waals surface area contributed by atoms with Gasteiger partial charge in [0, 0.05) is 11.8 Å². The van der Waals surface area contributed by atoms with E-state index in [-0.39, 0.29) is 23.5 Å². The number of hydrogen-bond acceptors (Lipinski definition) is 2. The fourth-order valence-corrected chi connectivity index (χ4v) is 1.58. The Morgan fingerprint density at radius 2 is 1.70 bits per heavy atom. The Morgan fingerprint density at radius 1 is 1.20 bits per heavy atom. The van der Waals surface area contributed by atoms with Crippen LogP contribution in [0.3, 0.4) is 0 Å². The highest BCUT2D eigenvalue weighted by molar-refractivity contribution is 5.85. The summed E-state index contributed by atoms with van der Waals surface area (Å²) in [6.45, 7) is 5.45. The SMILES string of the molecule is CC1C(=O)C(C)C([O-])C1C. The molecule has 0 radical (unpaired) electrons. The van der Waals surface area contributed by atoms with Crippen LogP contribution in [0.5, 0.6) is 0 Å². The summed E-state index contributed by atoms with van der Waals surface area (Å²) in [6, 6.07) is 0. The summed E-state index contributed by atoms with van der Waals surface area (Å²) in [5.41, 5.74) is 0. The molecule has 1 aliphatic carbocycles. The largest absolute Gasteiger partial charge is 0.851 e. The van der Waals surface area contributed by atoms with E-state index >= 15 is 0 Å². The van der Waals surface area contributed by atoms with Gasteiger partial charge in [0.1, 0.15) is 5.78 Å². The summed E-state index contributed by atoms with van der Waals surface area (Å²) in [5, 5.41) is 11.2. The topological polar surface area (TPSA) is 40.1 Å². The van der Waals surface area contributed by atoms with Crippen molar-refractivity contribution in [1.82, 2.24) is 0 Å². The molecule has 4 unspecified atom stereocenters. The van der Waals surface area contributed by atoms with Gasteiger partial charge >= 0.3 is 0 Å². The molecule has 0 aliphatic heterocycles. The van der Waals surface area contributed by atoms with Crippen molar-refractivity contribution in [1.29, 1.82) is 0 Å². The van der Waals surface area contributed by atoms with Gasteiger partial charge in [-0.1, -0.05) is 20.8 Å². The molecule has 1 rings (SSSR count). The monoisotopic (exact) mass is 141 g/mol. The molecule has 0 aromatic heterocycles. The molecular weight excluding hydrogens is 128 g/mol. The summed E-state index contributed by atoms with van der Waals surface area (Å²) in [7, 11) is 0. The van der Waals surface area contributed by atoms with Crippen LogP contribution < -0.4 is 5.11 Å². The smallest absolute Gasteiger partial charge is 0.137 e. The lowest BCUT2D eigenvalue weighted by molar-refractivity contribution is -0.436. The van der Waals surface area contributed by atoms with Crippen LogP contribution in [0, 0.1) is 17.8 Å². The van der Waals surface area contributed by atoms with Crippen molar-refractivity contribution in [3.05, 3.63) is 0 Å². The molecule has 1 aliphatic rings. The van der Waals surface area contributed by atoms with E-state index in [4.69, 9.17) is 0 Å². The van der Waals surface area contributed by atoms with E-state index < -0.39 is 6.10 Å². The first-order chi connectivity index (χ1) is 4.55. The molecule has 0 heterocycles. The van der Waals surface area contributed by atoms with Crippen LogP contribution in [0.25, 0.3) is 0 Å². The third-order valence-electron chi connectivity index (χ3n) is 2.70. The second-order valence-electron chi connectivity index (χ2n) is 3.30. The predicted octanol–water partition coefficient (Wildman–Crippen LogP) is 0.206. The Labute approximate surface area is 61.2 Å². The van der Waals surface area contributed by atoms with Gasteiger partial charge in [0.05, 0.1) is 0 Å². The summed E-state index contributed by atoms with van der Waals surface area (Å²) >= 11 is 0. The van der Waals surface area contributed by atoms with E-state index in [0.29, 0.717) is 0 Å². The second kappa shape index (κ2) is 2.35. The molecule has 1 saturated carbocycles. The first kappa shape index (κ1) is 7.73. The molecular formula is C8H13O2-. The van der Waals surface area contributed by atoms with Gasteiger partial charge in [-0.05, 0) is 5.92 Å². The van der Waals surface area contributed by atoms with Gasteiger partial charge in [0.2, 0.25) is 0 Å². The lowest BCUT2D eigenvalue weighted by atomic mass is 9.99. The van der Waals surface area contributed by atoms with Crippen molar-refractivity contribution in [3.63, 3.8) is 0 Å². The molecule has 0 saturated heterocycles. The fourth-order valence-electron chi connectivity index (χ4n) is 1.58. The van der Waals surface area contributed by atoms with E-state index in [1.165, 1.54) is 0 Å². The van der Waals surface area contributed by atoms with Crippen molar-refractivity contribution in [2.75, 3.05) is 0 Å². The predicted molar refractivity (Wildman–Crippen MR) is 36.3 cm³/mol. The van der Waals surface area contributed by atoms with Crippen LogP contribution in [0.2, 0.25) is 0 Å². The highest BCUT2D eigenvalue weighted by Crippen LogP contribution is 2.30. The van der Waals surface area contributed by atoms with E-state index in [0.717, 1.165) is 0 Å². The minimum Gasteiger partial charge on any atom is -0.851 e. The minimum atomic E-state index is -0.664. The maximum absolute atomic E-state index is 11.2. The fraction of sp³-hybridized carbons (Fsp3) is 0.875. The summed E-state index contributed by atoms with van der Waals surface area (Å²) in [5.74, 6) is -0.0995. The van der Waals surface area contributed by atoms with E-state index in [1.807, 2.05) is 13.8 Å². The van der Waals surface area contributed by atoms with Crippen molar-refractivity contribution in [3.8, 4) is 0 Å². The zero-order valence-electron chi connectivity index (χ0n) is 6.63. The third-order valence-corrected chi connectivity index (χ3v) is 2.70. The van der Waals surface area contributed by atoms with Crippen molar-refractivity contribution in [2.45, 2.75) is 26.9 Å². The number of Topliss-reactive ketones (excluding diaryl/α,β-unsaturated/α-hetero) is 1. The third kappa shape index (κ3) is 0.870. The number of hydrogen-bond donors (Lipinski definition) is 0. The molecule has 0 amide bonds. The van der Waals surface area contributed by atoms with Crippen LogP contribution >= 0.6 is 0 Å². The Morgan fingerprint density at radius 3 is 1.80 bits per heavy atom. The second-order valence-corrected chi connectivity index (χ2v) is 3.30. The standard InChI is InChI=1S/C8H13O2/c1-4-5(2)8(10)6(3)7(4)9/h4-7H,1-3H3/q-1. The Kier molecular flexibility index (Phi) is 1.82. The van der Waals surface area contributed by atoms with E-state index in [2.05, 4.69) is 0 Å². The lowest BCUT2D eigenvalue weighted by Crippen LogP contribution is -2.34. The summed E-state index contributed by atoms with van der Waals surface area (Å²) < 4.78 is 0. The number of carbonyl (C=O) groups is 1.